The van der Waals surface area contributed by atoms with Gasteiger partial charge in [-0.1, -0.05) is 40.2 Å². The van der Waals surface area contributed by atoms with E-state index in [1.54, 1.807) is 7.11 Å². The van der Waals surface area contributed by atoms with Crippen molar-refractivity contribution < 1.29 is 4.74 Å². The van der Waals surface area contributed by atoms with Crippen LogP contribution in [0.4, 0.5) is 0 Å². The molecule has 0 saturated carbocycles. The van der Waals surface area contributed by atoms with E-state index in [-0.39, 0.29) is 0 Å². The fourth-order valence-electron chi connectivity index (χ4n) is 3.74. The molecule has 0 amide bonds. The number of hydrogen-bond acceptors (Lipinski definition) is 2. The molecule has 0 spiro atoms. The Bertz CT molecular complexity index is 1100. The van der Waals surface area contributed by atoms with Crippen LogP contribution in [0.3, 0.4) is 0 Å². The van der Waals surface area contributed by atoms with Crippen molar-refractivity contribution in [1.29, 1.82) is 0 Å². The molecule has 3 nitrogen and oxygen atoms in total. The van der Waals surface area contributed by atoms with Crippen LogP contribution in [-0.2, 0) is 6.42 Å². The Morgan fingerprint density at radius 2 is 1.78 bits per heavy atom. The van der Waals surface area contributed by atoms with Crippen LogP contribution in [0.2, 0.25) is 0 Å². The number of aromatic nitrogens is 1. The Labute approximate surface area is 167 Å². The van der Waals surface area contributed by atoms with Gasteiger partial charge in [0.1, 0.15) is 5.75 Å². The highest BCUT2D eigenvalue weighted by atomic mass is 79.9. The van der Waals surface area contributed by atoms with E-state index < -0.39 is 0 Å². The fraction of sp³-hybridized carbons (Fsp3) is 0.217. The zero-order valence-electron chi connectivity index (χ0n) is 15.4. The zero-order valence-corrected chi connectivity index (χ0v) is 17.0. The van der Waals surface area contributed by atoms with Crippen molar-refractivity contribution in [3.05, 3.63) is 64.6 Å². The molecule has 3 N–H and O–H groups in total. The molecule has 3 aromatic carbocycles. The SMILES string of the molecule is COc1cc2ccccc2cc1-c1[nH]c2ccc(Br)cc2c1CCCCN. The van der Waals surface area contributed by atoms with Gasteiger partial charge in [-0.15, -0.1) is 0 Å². The van der Waals surface area contributed by atoms with E-state index in [0.717, 1.165) is 52.8 Å². The fourth-order valence-corrected chi connectivity index (χ4v) is 4.10. The highest BCUT2D eigenvalue weighted by Gasteiger charge is 2.17. The smallest absolute Gasteiger partial charge is 0.128 e. The third-order valence-electron chi connectivity index (χ3n) is 5.09. The van der Waals surface area contributed by atoms with E-state index in [4.69, 9.17) is 10.5 Å². The number of nitrogens with two attached hydrogens (primary N) is 1. The molecule has 0 radical (unpaired) electrons. The lowest BCUT2D eigenvalue weighted by molar-refractivity contribution is 0.417. The predicted octanol–water partition coefficient (Wildman–Crippen LogP) is 6.04. The van der Waals surface area contributed by atoms with E-state index in [0.29, 0.717) is 0 Å². The number of H-pyrrole nitrogens is 1. The van der Waals surface area contributed by atoms with E-state index >= 15 is 0 Å². The van der Waals surface area contributed by atoms with Gasteiger partial charge in [0.2, 0.25) is 0 Å². The number of rotatable bonds is 6. The molecule has 0 aliphatic heterocycles. The second kappa shape index (κ2) is 7.75. The maximum Gasteiger partial charge on any atom is 0.128 e. The molecule has 4 rings (SSSR count). The van der Waals surface area contributed by atoms with Gasteiger partial charge in [0, 0.05) is 20.9 Å². The van der Waals surface area contributed by atoms with Gasteiger partial charge in [-0.3, -0.25) is 0 Å². The average molecular weight is 423 g/mol. The number of halogens is 1. The molecule has 0 bridgehead atoms. The molecule has 0 fully saturated rings. The van der Waals surface area contributed by atoms with Crippen molar-refractivity contribution in [1.82, 2.24) is 4.98 Å². The normalized spacial score (nSPS) is 11.4. The van der Waals surface area contributed by atoms with Crippen LogP contribution in [0.5, 0.6) is 5.75 Å². The lowest BCUT2D eigenvalue weighted by atomic mass is 9.97. The maximum atomic E-state index is 5.76. The predicted molar refractivity (Wildman–Crippen MR) is 117 cm³/mol. The first kappa shape index (κ1) is 18.1. The lowest BCUT2D eigenvalue weighted by Gasteiger charge is -2.12. The molecule has 0 aliphatic carbocycles. The van der Waals surface area contributed by atoms with Crippen molar-refractivity contribution in [3.8, 4) is 17.0 Å². The summed E-state index contributed by atoms with van der Waals surface area (Å²) in [7, 11) is 1.74. The van der Waals surface area contributed by atoms with Gasteiger partial charge in [-0.2, -0.15) is 0 Å². The molecule has 4 heteroatoms. The molecule has 1 heterocycles. The quantitative estimate of drug-likeness (QED) is 0.372. The van der Waals surface area contributed by atoms with Gasteiger partial charge in [0.05, 0.1) is 12.8 Å². The largest absolute Gasteiger partial charge is 0.496 e. The van der Waals surface area contributed by atoms with E-state index in [2.05, 4.69) is 75.5 Å². The molecule has 4 aromatic rings. The van der Waals surface area contributed by atoms with E-state index in [9.17, 15) is 0 Å². The van der Waals surface area contributed by atoms with Crippen molar-refractivity contribution in [2.75, 3.05) is 13.7 Å². The molecular weight excluding hydrogens is 400 g/mol. The molecule has 27 heavy (non-hydrogen) atoms. The van der Waals surface area contributed by atoms with Gasteiger partial charge in [0.15, 0.2) is 0 Å². The standard InChI is InChI=1S/C23H23BrN2O/c1-27-22-13-16-7-3-2-6-15(16)12-20(22)23-18(8-4-5-11-25)19-14-17(24)9-10-21(19)26-23/h2-3,6-7,9-10,12-14,26H,4-5,8,11,25H2,1H3. The van der Waals surface area contributed by atoms with Gasteiger partial charge in [-0.05, 0) is 72.5 Å². The van der Waals surface area contributed by atoms with E-state index in [1.165, 1.54) is 21.7 Å². The van der Waals surface area contributed by atoms with Crippen molar-refractivity contribution >= 4 is 37.6 Å². The summed E-state index contributed by atoms with van der Waals surface area (Å²) in [6, 6.07) is 19.1. The van der Waals surface area contributed by atoms with Gasteiger partial charge < -0.3 is 15.5 Å². The van der Waals surface area contributed by atoms with Gasteiger partial charge in [-0.25, -0.2) is 0 Å². The summed E-state index contributed by atoms with van der Waals surface area (Å²) in [4.78, 5) is 3.64. The minimum absolute atomic E-state index is 0.723. The maximum absolute atomic E-state index is 5.76. The molecule has 0 unspecified atom stereocenters. The Balaban J connectivity index is 1.94. The van der Waals surface area contributed by atoms with Crippen molar-refractivity contribution in [2.45, 2.75) is 19.3 Å². The average Bonchev–Trinajstić information content (AvgIpc) is 3.04. The first-order valence-corrected chi connectivity index (χ1v) is 10.1. The Hall–Kier alpha value is -2.30. The molecule has 0 saturated heterocycles. The van der Waals surface area contributed by atoms with Crippen LogP contribution in [0, 0.1) is 0 Å². The van der Waals surface area contributed by atoms with Crippen molar-refractivity contribution in [2.24, 2.45) is 5.73 Å². The van der Waals surface area contributed by atoms with Crippen molar-refractivity contribution in [3.63, 3.8) is 0 Å². The summed E-state index contributed by atoms with van der Waals surface area (Å²) in [5, 5.41) is 3.65. The number of fused-ring (bicyclic) bond motifs is 2. The zero-order chi connectivity index (χ0) is 18.8. The minimum atomic E-state index is 0.723. The van der Waals surface area contributed by atoms with Gasteiger partial charge >= 0.3 is 0 Å². The molecule has 0 aliphatic rings. The Morgan fingerprint density at radius 1 is 1.00 bits per heavy atom. The van der Waals surface area contributed by atoms with Crippen LogP contribution in [0.25, 0.3) is 32.9 Å². The third-order valence-corrected chi connectivity index (χ3v) is 5.58. The number of unbranched alkanes of at least 4 members (excludes halogenated alkanes) is 1. The Morgan fingerprint density at radius 3 is 2.52 bits per heavy atom. The second-order valence-corrected chi connectivity index (χ2v) is 7.73. The molecule has 1 aromatic heterocycles. The van der Waals surface area contributed by atoms with Crippen LogP contribution >= 0.6 is 15.9 Å². The number of aromatic amines is 1. The number of benzene rings is 3. The third kappa shape index (κ3) is 3.47. The highest BCUT2D eigenvalue weighted by molar-refractivity contribution is 9.10. The monoisotopic (exact) mass is 422 g/mol. The molecule has 138 valence electrons. The first-order chi connectivity index (χ1) is 13.2. The molecular formula is C23H23BrN2O. The van der Waals surface area contributed by atoms with E-state index in [1.807, 2.05) is 0 Å². The molecule has 0 atom stereocenters. The summed E-state index contributed by atoms with van der Waals surface area (Å²) in [5.74, 6) is 0.888. The summed E-state index contributed by atoms with van der Waals surface area (Å²) >= 11 is 3.62. The number of hydrogen-bond donors (Lipinski definition) is 2. The second-order valence-electron chi connectivity index (χ2n) is 6.81. The number of nitrogens with one attached hydrogen (secondary N) is 1. The number of methoxy groups -OCH3 is 1. The van der Waals surface area contributed by atoms with Gasteiger partial charge in [0.25, 0.3) is 0 Å². The number of aryl methyl sites for hydroxylation is 1. The summed E-state index contributed by atoms with van der Waals surface area (Å²) in [6.45, 7) is 0.723. The number of ether oxygens (including phenoxy) is 1. The Kier molecular flexibility index (Phi) is 5.19. The van der Waals surface area contributed by atoms with Crippen LogP contribution in [0.15, 0.2) is 59.1 Å². The minimum Gasteiger partial charge on any atom is -0.496 e. The van der Waals surface area contributed by atoms with Crippen LogP contribution in [-0.4, -0.2) is 18.6 Å². The summed E-state index contributed by atoms with van der Waals surface area (Å²) in [5.41, 5.74) is 10.4. The topological polar surface area (TPSA) is 51.0 Å². The summed E-state index contributed by atoms with van der Waals surface area (Å²) in [6.07, 6.45) is 3.08. The van der Waals surface area contributed by atoms with Crippen LogP contribution < -0.4 is 10.5 Å². The lowest BCUT2D eigenvalue weighted by Crippen LogP contribution is -1.99. The summed E-state index contributed by atoms with van der Waals surface area (Å²) < 4.78 is 6.85. The first-order valence-electron chi connectivity index (χ1n) is 9.28. The van der Waals surface area contributed by atoms with Crippen LogP contribution in [0.1, 0.15) is 18.4 Å². The highest BCUT2D eigenvalue weighted by Crippen LogP contribution is 2.39.